The monoisotopic (exact) mass is 373 g/mol. The van der Waals surface area contributed by atoms with E-state index in [-0.39, 0.29) is 11.3 Å². The van der Waals surface area contributed by atoms with Crippen molar-refractivity contribution in [2.45, 2.75) is 18.7 Å². The predicted molar refractivity (Wildman–Crippen MR) is 72.0 cm³/mol. The Balaban J connectivity index is 2.54. The number of rotatable bonds is 4. The molecule has 0 aliphatic rings. The third kappa shape index (κ3) is 4.06. The van der Waals surface area contributed by atoms with Crippen LogP contribution >= 0.6 is 54.8 Å². The average Bonchev–Trinajstić information content (AvgIpc) is 2.55. The molecule has 1 rings (SSSR count). The Labute approximate surface area is 115 Å². The fourth-order valence-electron chi connectivity index (χ4n) is 0.893. The van der Waals surface area contributed by atoms with Crippen molar-refractivity contribution >= 4 is 60.7 Å². The van der Waals surface area contributed by atoms with Crippen LogP contribution in [0.3, 0.4) is 0 Å². The van der Waals surface area contributed by atoms with E-state index >= 15 is 0 Å². The molecule has 0 bridgehead atoms. The maximum Gasteiger partial charge on any atom is 0.261 e. The van der Waals surface area contributed by atoms with Crippen LogP contribution in [0.1, 0.15) is 23.0 Å². The van der Waals surface area contributed by atoms with Crippen molar-refractivity contribution in [2.75, 3.05) is 6.54 Å². The Kier molecular flexibility index (Phi) is 5.60. The molecule has 0 saturated carbocycles. The molecule has 1 aromatic rings. The van der Waals surface area contributed by atoms with Gasteiger partial charge in [0.2, 0.25) is 0 Å². The molecule has 84 valence electrons. The normalized spacial score (nSPS) is 12.5. The van der Waals surface area contributed by atoms with Crippen LogP contribution in [0.25, 0.3) is 0 Å². The minimum Gasteiger partial charge on any atom is -0.350 e. The molecule has 1 amide bonds. The number of amides is 1. The van der Waals surface area contributed by atoms with E-state index in [1.54, 1.807) is 6.07 Å². The molecule has 0 radical (unpaired) electrons. The van der Waals surface area contributed by atoms with E-state index in [0.29, 0.717) is 11.4 Å². The van der Waals surface area contributed by atoms with Crippen molar-refractivity contribution in [3.05, 3.63) is 19.2 Å². The molecule has 0 spiro atoms. The molecular weight excluding hydrogens is 365 g/mol. The highest BCUT2D eigenvalue weighted by Crippen LogP contribution is 2.32. The van der Waals surface area contributed by atoms with Gasteiger partial charge in [-0.15, -0.1) is 22.9 Å². The zero-order valence-corrected chi connectivity index (χ0v) is 12.8. The molecule has 6 heteroatoms. The predicted octanol–water partition coefficient (Wildman–Crippen LogP) is 4.02. The van der Waals surface area contributed by atoms with Crippen LogP contribution in [-0.4, -0.2) is 17.8 Å². The van der Waals surface area contributed by atoms with Gasteiger partial charge in [-0.05, 0) is 44.3 Å². The largest absolute Gasteiger partial charge is 0.350 e. The first-order chi connectivity index (χ1) is 7.04. The number of carbonyl (C=O) groups is 1. The van der Waals surface area contributed by atoms with Gasteiger partial charge in [-0.2, -0.15) is 0 Å². The zero-order valence-electron chi connectivity index (χ0n) is 8.02. The zero-order chi connectivity index (χ0) is 11.4. The van der Waals surface area contributed by atoms with Crippen LogP contribution in [-0.2, 0) is 0 Å². The van der Waals surface area contributed by atoms with Crippen molar-refractivity contribution in [2.24, 2.45) is 0 Å². The highest BCUT2D eigenvalue weighted by atomic mass is 79.9. The third-order valence-corrected chi connectivity index (χ3v) is 5.51. The fourth-order valence-corrected chi connectivity index (χ4v) is 2.92. The molecule has 1 N–H and O–H groups in total. The van der Waals surface area contributed by atoms with Crippen molar-refractivity contribution in [3.8, 4) is 0 Å². The van der Waals surface area contributed by atoms with Gasteiger partial charge in [0, 0.05) is 11.0 Å². The maximum absolute atomic E-state index is 11.6. The highest BCUT2D eigenvalue weighted by Gasteiger charge is 2.12. The van der Waals surface area contributed by atoms with Gasteiger partial charge in [0.05, 0.1) is 14.0 Å². The lowest BCUT2D eigenvalue weighted by atomic mass is 10.3. The summed E-state index contributed by atoms with van der Waals surface area (Å²) in [6.07, 6.45) is 0.847. The summed E-state index contributed by atoms with van der Waals surface area (Å²) in [5.74, 6) is -0.0782. The summed E-state index contributed by atoms with van der Waals surface area (Å²) >= 11 is 14.0. The van der Waals surface area contributed by atoms with Crippen LogP contribution in [0.4, 0.5) is 0 Å². The molecule has 15 heavy (non-hydrogen) atoms. The summed E-state index contributed by atoms with van der Waals surface area (Å²) in [6.45, 7) is 2.49. The summed E-state index contributed by atoms with van der Waals surface area (Å²) in [6, 6.07) is 1.79. The van der Waals surface area contributed by atoms with Crippen molar-refractivity contribution in [3.63, 3.8) is 0 Å². The maximum atomic E-state index is 11.6. The van der Waals surface area contributed by atoms with Crippen LogP contribution < -0.4 is 5.32 Å². The number of nitrogens with one attached hydrogen (secondary N) is 1. The quantitative estimate of drug-likeness (QED) is 0.792. The van der Waals surface area contributed by atoms with E-state index in [4.69, 9.17) is 11.6 Å². The number of carbonyl (C=O) groups excluding carboxylic acids is 1. The van der Waals surface area contributed by atoms with E-state index < -0.39 is 0 Å². The molecule has 0 fully saturated rings. The minimum atomic E-state index is -0.0782. The van der Waals surface area contributed by atoms with Gasteiger partial charge < -0.3 is 5.32 Å². The van der Waals surface area contributed by atoms with E-state index in [0.717, 1.165) is 14.7 Å². The second-order valence-electron chi connectivity index (χ2n) is 2.95. The topological polar surface area (TPSA) is 29.1 Å². The summed E-state index contributed by atoms with van der Waals surface area (Å²) in [7, 11) is 0. The van der Waals surface area contributed by atoms with Crippen molar-refractivity contribution in [1.29, 1.82) is 0 Å². The summed E-state index contributed by atoms with van der Waals surface area (Å²) in [4.78, 5) is 12.3. The molecule has 1 unspecified atom stereocenters. The Hall–Kier alpha value is 0.420. The molecule has 1 atom stereocenters. The molecule has 0 aliphatic carbocycles. The summed E-state index contributed by atoms with van der Waals surface area (Å²) < 4.78 is 1.82. The summed E-state index contributed by atoms with van der Waals surface area (Å²) in [5.41, 5.74) is 0. The smallest absolute Gasteiger partial charge is 0.261 e. The van der Waals surface area contributed by atoms with E-state index in [1.807, 2.05) is 6.92 Å². The van der Waals surface area contributed by atoms with E-state index in [9.17, 15) is 4.79 Å². The Bertz CT molecular complexity index is 336. The molecular formula is C9H10Br2ClNOS. The SMILES string of the molecule is CCC(Cl)CNC(=O)c1cc(Br)c(Br)s1. The van der Waals surface area contributed by atoms with Crippen LogP contribution in [0.2, 0.25) is 0 Å². The second-order valence-corrected chi connectivity index (χ2v) is 6.79. The standard InChI is InChI=1S/C9H10Br2ClNOS/c1-2-5(12)4-13-9(14)7-3-6(10)8(11)15-7/h3,5H,2,4H2,1H3,(H,13,14). The number of halogens is 3. The lowest BCUT2D eigenvalue weighted by molar-refractivity contribution is 0.0957. The second kappa shape index (κ2) is 6.23. The number of hydrogen-bond acceptors (Lipinski definition) is 2. The average molecular weight is 376 g/mol. The lowest BCUT2D eigenvalue weighted by Crippen LogP contribution is -2.28. The van der Waals surface area contributed by atoms with Crippen molar-refractivity contribution in [1.82, 2.24) is 5.32 Å². The van der Waals surface area contributed by atoms with E-state index in [2.05, 4.69) is 37.2 Å². The molecule has 1 aromatic heterocycles. The first kappa shape index (κ1) is 13.5. The van der Waals surface area contributed by atoms with Gasteiger partial charge in [0.1, 0.15) is 0 Å². The third-order valence-electron chi connectivity index (χ3n) is 1.80. The molecule has 1 heterocycles. The lowest BCUT2D eigenvalue weighted by Gasteiger charge is -2.06. The van der Waals surface area contributed by atoms with Gasteiger partial charge in [0.15, 0.2) is 0 Å². The molecule has 0 saturated heterocycles. The van der Waals surface area contributed by atoms with Crippen LogP contribution in [0.15, 0.2) is 14.3 Å². The Morgan fingerprint density at radius 1 is 1.67 bits per heavy atom. The van der Waals surface area contributed by atoms with Gasteiger partial charge >= 0.3 is 0 Å². The number of alkyl halides is 1. The van der Waals surface area contributed by atoms with E-state index in [1.165, 1.54) is 11.3 Å². The fraction of sp³-hybridized carbons (Fsp3) is 0.444. The van der Waals surface area contributed by atoms with Crippen molar-refractivity contribution < 1.29 is 4.79 Å². The summed E-state index contributed by atoms with van der Waals surface area (Å²) in [5, 5.41) is 2.79. The number of thiophene rings is 1. The van der Waals surface area contributed by atoms with Gasteiger partial charge in [0.25, 0.3) is 5.91 Å². The number of hydrogen-bond donors (Lipinski definition) is 1. The molecule has 0 aliphatic heterocycles. The molecule has 0 aromatic carbocycles. The first-order valence-electron chi connectivity index (χ1n) is 4.41. The molecule has 2 nitrogen and oxygen atoms in total. The Morgan fingerprint density at radius 2 is 2.33 bits per heavy atom. The highest BCUT2D eigenvalue weighted by molar-refractivity contribution is 9.13. The van der Waals surface area contributed by atoms with Gasteiger partial charge in [-0.25, -0.2) is 0 Å². The van der Waals surface area contributed by atoms with Crippen LogP contribution in [0.5, 0.6) is 0 Å². The van der Waals surface area contributed by atoms with Crippen LogP contribution in [0, 0.1) is 0 Å². The Morgan fingerprint density at radius 3 is 2.80 bits per heavy atom. The van der Waals surface area contributed by atoms with Gasteiger partial charge in [-0.1, -0.05) is 6.92 Å². The first-order valence-corrected chi connectivity index (χ1v) is 7.25. The van der Waals surface area contributed by atoms with Gasteiger partial charge in [-0.3, -0.25) is 4.79 Å². The minimum absolute atomic E-state index is 0.000735.